The van der Waals surface area contributed by atoms with Crippen molar-refractivity contribution >= 4 is 29.0 Å². The lowest BCUT2D eigenvalue weighted by molar-refractivity contribution is 0.103. The van der Waals surface area contributed by atoms with Gasteiger partial charge in [-0.15, -0.1) is 0 Å². The quantitative estimate of drug-likeness (QED) is 0.784. The van der Waals surface area contributed by atoms with Crippen molar-refractivity contribution in [1.29, 1.82) is 0 Å². The van der Waals surface area contributed by atoms with Crippen molar-refractivity contribution in [2.24, 2.45) is 7.05 Å². The number of hydrogen-bond donors (Lipinski definition) is 0. The van der Waals surface area contributed by atoms with E-state index in [4.69, 9.17) is 23.2 Å². The Labute approximate surface area is 109 Å². The molecule has 0 amide bonds. The lowest BCUT2D eigenvalue weighted by Gasteiger charge is -2.04. The molecule has 0 atom stereocenters. The van der Waals surface area contributed by atoms with Crippen LogP contribution in [0.3, 0.4) is 0 Å². The van der Waals surface area contributed by atoms with E-state index in [9.17, 15) is 4.79 Å². The van der Waals surface area contributed by atoms with E-state index in [1.54, 1.807) is 25.2 Å². The van der Waals surface area contributed by atoms with Crippen LogP contribution in [0.15, 0.2) is 24.4 Å². The number of aryl methyl sites for hydroxylation is 2. The van der Waals surface area contributed by atoms with Crippen molar-refractivity contribution < 1.29 is 4.79 Å². The summed E-state index contributed by atoms with van der Waals surface area (Å²) in [5.41, 5.74) is 1.79. The van der Waals surface area contributed by atoms with Crippen LogP contribution in [0.1, 0.15) is 21.6 Å². The highest BCUT2D eigenvalue weighted by Crippen LogP contribution is 2.21. The number of ketones is 1. The maximum atomic E-state index is 12.2. The van der Waals surface area contributed by atoms with Gasteiger partial charge in [0.25, 0.3) is 0 Å². The van der Waals surface area contributed by atoms with Crippen LogP contribution in [-0.4, -0.2) is 15.6 Å². The number of halogens is 2. The number of rotatable bonds is 2. The van der Waals surface area contributed by atoms with Crippen LogP contribution >= 0.6 is 23.2 Å². The van der Waals surface area contributed by atoms with Gasteiger partial charge in [0.15, 0.2) is 0 Å². The van der Waals surface area contributed by atoms with E-state index in [0.717, 1.165) is 5.56 Å². The van der Waals surface area contributed by atoms with Crippen LogP contribution < -0.4 is 0 Å². The summed E-state index contributed by atoms with van der Waals surface area (Å²) in [5.74, 6) is -0.158. The first kappa shape index (κ1) is 12.1. The van der Waals surface area contributed by atoms with Crippen molar-refractivity contribution in [1.82, 2.24) is 9.78 Å². The van der Waals surface area contributed by atoms with Gasteiger partial charge in [0, 0.05) is 17.6 Å². The SMILES string of the molecule is Cc1cc(C(=O)c2c(Cl)cnn2C)ccc1Cl. The highest BCUT2D eigenvalue weighted by Gasteiger charge is 2.17. The zero-order valence-corrected chi connectivity index (χ0v) is 10.9. The minimum absolute atomic E-state index is 0.158. The zero-order chi connectivity index (χ0) is 12.6. The first-order valence-corrected chi connectivity index (χ1v) is 5.74. The monoisotopic (exact) mass is 268 g/mol. The van der Waals surface area contributed by atoms with Crippen molar-refractivity contribution in [2.45, 2.75) is 6.92 Å². The number of carbonyl (C=O) groups excluding carboxylic acids is 1. The number of hydrogen-bond acceptors (Lipinski definition) is 2. The van der Waals surface area contributed by atoms with Crippen molar-refractivity contribution in [3.05, 3.63) is 51.3 Å². The molecule has 0 unspecified atom stereocenters. The number of nitrogens with zero attached hydrogens (tertiary/aromatic N) is 2. The summed E-state index contributed by atoms with van der Waals surface area (Å²) in [4.78, 5) is 12.2. The molecule has 0 aliphatic carbocycles. The predicted octanol–water partition coefficient (Wildman–Crippen LogP) is 3.27. The van der Waals surface area contributed by atoms with Gasteiger partial charge >= 0.3 is 0 Å². The number of aromatic nitrogens is 2. The molecule has 1 aromatic carbocycles. The minimum atomic E-state index is -0.158. The Morgan fingerprint density at radius 1 is 1.29 bits per heavy atom. The third kappa shape index (κ3) is 2.21. The van der Waals surface area contributed by atoms with E-state index < -0.39 is 0 Å². The highest BCUT2D eigenvalue weighted by molar-refractivity contribution is 6.34. The van der Waals surface area contributed by atoms with Gasteiger partial charge in [0.1, 0.15) is 5.69 Å². The molecule has 5 heteroatoms. The van der Waals surface area contributed by atoms with Crippen LogP contribution in [-0.2, 0) is 7.05 Å². The van der Waals surface area contributed by atoms with E-state index in [-0.39, 0.29) is 5.78 Å². The molecule has 1 heterocycles. The Morgan fingerprint density at radius 3 is 2.53 bits per heavy atom. The largest absolute Gasteiger partial charge is 0.287 e. The van der Waals surface area contributed by atoms with E-state index >= 15 is 0 Å². The van der Waals surface area contributed by atoms with Gasteiger partial charge < -0.3 is 0 Å². The summed E-state index contributed by atoms with van der Waals surface area (Å²) in [6, 6.07) is 5.13. The van der Waals surface area contributed by atoms with Crippen molar-refractivity contribution in [2.75, 3.05) is 0 Å². The van der Waals surface area contributed by atoms with Crippen LogP contribution in [0.2, 0.25) is 10.0 Å². The topological polar surface area (TPSA) is 34.9 Å². The Bertz CT molecular complexity index is 571. The van der Waals surface area contributed by atoms with Gasteiger partial charge in [0.05, 0.1) is 11.2 Å². The van der Waals surface area contributed by atoms with E-state index in [0.29, 0.717) is 21.3 Å². The van der Waals surface area contributed by atoms with Gasteiger partial charge in [-0.25, -0.2) is 0 Å². The standard InChI is InChI=1S/C12H10Cl2N2O/c1-7-5-8(3-4-9(7)13)12(17)11-10(14)6-15-16(11)2/h3-6H,1-2H3. The normalized spacial score (nSPS) is 10.6. The molecule has 0 bridgehead atoms. The van der Waals surface area contributed by atoms with Gasteiger partial charge in [-0.1, -0.05) is 23.2 Å². The molecule has 0 fully saturated rings. The zero-order valence-electron chi connectivity index (χ0n) is 9.37. The van der Waals surface area contributed by atoms with Gasteiger partial charge in [-0.2, -0.15) is 5.10 Å². The highest BCUT2D eigenvalue weighted by atomic mass is 35.5. The van der Waals surface area contributed by atoms with Gasteiger partial charge in [0.2, 0.25) is 5.78 Å². The number of benzene rings is 1. The summed E-state index contributed by atoms with van der Waals surface area (Å²) < 4.78 is 1.47. The summed E-state index contributed by atoms with van der Waals surface area (Å²) in [5, 5.41) is 4.93. The fourth-order valence-corrected chi connectivity index (χ4v) is 1.96. The molecule has 1 aromatic heterocycles. The Balaban J connectivity index is 2.48. The third-order valence-electron chi connectivity index (χ3n) is 2.53. The second-order valence-corrected chi connectivity index (χ2v) is 4.57. The molecule has 0 aliphatic rings. The van der Waals surface area contributed by atoms with E-state index in [1.807, 2.05) is 6.92 Å². The molecular weight excluding hydrogens is 259 g/mol. The fraction of sp³-hybridized carbons (Fsp3) is 0.167. The maximum Gasteiger partial charge on any atom is 0.212 e. The minimum Gasteiger partial charge on any atom is -0.287 e. The average molecular weight is 269 g/mol. The molecule has 0 saturated heterocycles. The summed E-state index contributed by atoms with van der Waals surface area (Å²) in [6.07, 6.45) is 1.46. The molecule has 2 rings (SSSR count). The Morgan fingerprint density at radius 2 is 2.00 bits per heavy atom. The Kier molecular flexibility index (Phi) is 3.22. The third-order valence-corrected chi connectivity index (χ3v) is 3.23. The van der Waals surface area contributed by atoms with Crippen molar-refractivity contribution in [3.8, 4) is 0 Å². The lowest BCUT2D eigenvalue weighted by atomic mass is 10.1. The molecule has 88 valence electrons. The molecule has 17 heavy (non-hydrogen) atoms. The average Bonchev–Trinajstić information content (AvgIpc) is 2.62. The van der Waals surface area contributed by atoms with Gasteiger partial charge in [-0.3, -0.25) is 9.48 Å². The van der Waals surface area contributed by atoms with Crippen molar-refractivity contribution in [3.63, 3.8) is 0 Å². The molecular formula is C12H10Cl2N2O. The van der Waals surface area contributed by atoms with Crippen LogP contribution in [0.4, 0.5) is 0 Å². The first-order valence-electron chi connectivity index (χ1n) is 4.99. The molecule has 0 spiro atoms. The molecule has 2 aromatic rings. The maximum absolute atomic E-state index is 12.2. The second kappa shape index (κ2) is 4.51. The fourth-order valence-electron chi connectivity index (χ4n) is 1.59. The number of carbonyl (C=O) groups is 1. The smallest absolute Gasteiger partial charge is 0.212 e. The van der Waals surface area contributed by atoms with Crippen LogP contribution in [0.5, 0.6) is 0 Å². The summed E-state index contributed by atoms with van der Waals surface area (Å²) in [7, 11) is 1.68. The molecule has 0 N–H and O–H groups in total. The molecule has 0 radical (unpaired) electrons. The Hall–Kier alpha value is -1.32. The van der Waals surface area contributed by atoms with Crippen LogP contribution in [0.25, 0.3) is 0 Å². The predicted molar refractivity (Wildman–Crippen MR) is 67.8 cm³/mol. The van der Waals surface area contributed by atoms with Gasteiger partial charge in [-0.05, 0) is 30.7 Å². The molecule has 3 nitrogen and oxygen atoms in total. The summed E-state index contributed by atoms with van der Waals surface area (Å²) >= 11 is 11.8. The lowest BCUT2D eigenvalue weighted by Crippen LogP contribution is -2.09. The molecule has 0 aliphatic heterocycles. The van der Waals surface area contributed by atoms with Crippen LogP contribution in [0, 0.1) is 6.92 Å². The summed E-state index contributed by atoms with van der Waals surface area (Å²) in [6.45, 7) is 1.85. The van der Waals surface area contributed by atoms with E-state index in [1.165, 1.54) is 10.9 Å². The first-order chi connectivity index (χ1) is 8.00. The van der Waals surface area contributed by atoms with E-state index in [2.05, 4.69) is 5.10 Å². The second-order valence-electron chi connectivity index (χ2n) is 3.76. The molecule has 0 saturated carbocycles.